The fourth-order valence-corrected chi connectivity index (χ4v) is 4.21. The molecule has 2 aliphatic rings. The summed E-state index contributed by atoms with van der Waals surface area (Å²) < 4.78 is 43.3. The average molecular weight is 538 g/mol. The number of hydrogen-bond acceptors (Lipinski definition) is 14. The van der Waals surface area contributed by atoms with Gasteiger partial charge in [-0.1, -0.05) is 0 Å². The standard InChI is InChI=1S/C24H26O14/c1-9(25)32-8-16-19(34-11(3)27)22(36-13(5)29)23-21(37-16)17-14(24(30)38-23)7-15(33-10(2)26)18(31-6)20(17)35-12(4)28/h7,16,19,21-23H,8H2,1-6H3/t16-,19+,21+,22+,23-/m1/s1. The number of carbonyl (C=O) groups is 6. The number of benzene rings is 1. The lowest BCUT2D eigenvalue weighted by Crippen LogP contribution is -2.60. The van der Waals surface area contributed by atoms with Crippen LogP contribution in [-0.4, -0.2) is 73.9 Å². The van der Waals surface area contributed by atoms with E-state index in [1.54, 1.807) is 0 Å². The van der Waals surface area contributed by atoms with Gasteiger partial charge in [-0.2, -0.15) is 0 Å². The number of fused-ring (bicyclic) bond motifs is 3. The molecule has 206 valence electrons. The molecule has 1 aromatic rings. The normalized spacial score (nSPS) is 23.5. The van der Waals surface area contributed by atoms with Crippen molar-refractivity contribution in [3.63, 3.8) is 0 Å². The highest BCUT2D eigenvalue weighted by Gasteiger charge is 2.56. The van der Waals surface area contributed by atoms with Crippen molar-refractivity contribution in [2.75, 3.05) is 13.7 Å². The molecule has 0 spiro atoms. The molecule has 14 nitrogen and oxygen atoms in total. The minimum absolute atomic E-state index is 0.0551. The Morgan fingerprint density at radius 1 is 0.816 bits per heavy atom. The van der Waals surface area contributed by atoms with Gasteiger partial charge in [-0.3, -0.25) is 24.0 Å². The van der Waals surface area contributed by atoms with E-state index in [9.17, 15) is 28.8 Å². The van der Waals surface area contributed by atoms with Gasteiger partial charge in [-0.25, -0.2) is 4.79 Å². The van der Waals surface area contributed by atoms with E-state index < -0.39 is 72.9 Å². The summed E-state index contributed by atoms with van der Waals surface area (Å²) in [5, 5.41) is 0. The third kappa shape index (κ3) is 6.02. The van der Waals surface area contributed by atoms with Crippen LogP contribution in [0.5, 0.6) is 17.2 Å². The molecule has 1 fully saturated rings. The predicted molar refractivity (Wildman–Crippen MR) is 120 cm³/mol. The SMILES string of the molecule is COc1c(OC(C)=O)cc2c(c1OC(C)=O)[C@@H]1O[C@H](COC(C)=O)[C@H](OC(C)=O)[C@H](OC(C)=O)[C@@H]1OC2=O. The maximum atomic E-state index is 13.2. The lowest BCUT2D eigenvalue weighted by atomic mass is 9.85. The van der Waals surface area contributed by atoms with Gasteiger partial charge >= 0.3 is 35.8 Å². The van der Waals surface area contributed by atoms with Gasteiger partial charge in [0.25, 0.3) is 0 Å². The highest BCUT2D eigenvalue weighted by molar-refractivity contribution is 5.96. The molecule has 0 bridgehead atoms. The number of methoxy groups -OCH3 is 1. The summed E-state index contributed by atoms with van der Waals surface area (Å²) in [4.78, 5) is 72.3. The second-order valence-electron chi connectivity index (χ2n) is 8.30. The van der Waals surface area contributed by atoms with Gasteiger partial charge in [-0.05, 0) is 6.07 Å². The van der Waals surface area contributed by atoms with E-state index in [2.05, 4.69) is 0 Å². The van der Waals surface area contributed by atoms with Crippen LogP contribution in [0, 0.1) is 0 Å². The van der Waals surface area contributed by atoms with Crippen LogP contribution in [0.15, 0.2) is 6.07 Å². The largest absolute Gasteiger partial charge is 0.490 e. The first kappa shape index (κ1) is 28.4. The molecule has 1 saturated heterocycles. The first-order valence-electron chi connectivity index (χ1n) is 11.3. The lowest BCUT2D eigenvalue weighted by molar-refractivity contribution is -0.251. The van der Waals surface area contributed by atoms with Gasteiger partial charge in [0.2, 0.25) is 5.75 Å². The molecule has 5 atom stereocenters. The summed E-state index contributed by atoms with van der Waals surface area (Å²) >= 11 is 0. The maximum Gasteiger partial charge on any atom is 0.339 e. The van der Waals surface area contributed by atoms with Crippen LogP contribution in [0.3, 0.4) is 0 Å². The summed E-state index contributed by atoms with van der Waals surface area (Å²) in [5.41, 5.74) is -0.265. The minimum Gasteiger partial charge on any atom is -0.490 e. The zero-order valence-corrected chi connectivity index (χ0v) is 21.4. The number of carbonyl (C=O) groups excluding carboxylic acids is 6. The second kappa shape index (κ2) is 11.5. The zero-order chi connectivity index (χ0) is 28.3. The number of hydrogen-bond donors (Lipinski definition) is 0. The van der Waals surface area contributed by atoms with Crippen LogP contribution >= 0.6 is 0 Å². The summed E-state index contributed by atoms with van der Waals surface area (Å²) in [6.45, 7) is 5.10. The van der Waals surface area contributed by atoms with Gasteiger partial charge in [0.05, 0.1) is 12.7 Å². The highest BCUT2D eigenvalue weighted by Crippen LogP contribution is 2.51. The van der Waals surface area contributed by atoms with Crippen molar-refractivity contribution in [2.45, 2.75) is 65.1 Å². The summed E-state index contributed by atoms with van der Waals surface area (Å²) in [6, 6.07) is 1.14. The third-order valence-electron chi connectivity index (χ3n) is 5.38. The van der Waals surface area contributed by atoms with Crippen LogP contribution in [0.2, 0.25) is 0 Å². The molecule has 2 heterocycles. The number of ether oxygens (including phenoxy) is 8. The van der Waals surface area contributed by atoms with E-state index in [0.29, 0.717) is 0 Å². The van der Waals surface area contributed by atoms with E-state index in [4.69, 9.17) is 37.9 Å². The summed E-state index contributed by atoms with van der Waals surface area (Å²) in [7, 11) is 1.21. The molecule has 38 heavy (non-hydrogen) atoms. The Labute approximate surface area is 216 Å². The Bertz CT molecular complexity index is 1170. The highest BCUT2D eigenvalue weighted by atomic mass is 16.7. The first-order chi connectivity index (χ1) is 17.8. The fraction of sp³-hybridized carbons (Fsp3) is 0.500. The molecule has 0 aromatic heterocycles. The van der Waals surface area contributed by atoms with E-state index >= 15 is 0 Å². The third-order valence-corrected chi connectivity index (χ3v) is 5.38. The first-order valence-corrected chi connectivity index (χ1v) is 11.3. The fourth-order valence-electron chi connectivity index (χ4n) is 4.21. The Morgan fingerprint density at radius 3 is 1.95 bits per heavy atom. The monoisotopic (exact) mass is 538 g/mol. The summed E-state index contributed by atoms with van der Waals surface area (Å²) in [5.74, 6) is -5.59. The molecule has 0 radical (unpaired) electrons. The topological polar surface area (TPSA) is 176 Å². The van der Waals surface area contributed by atoms with Crippen LogP contribution in [0.4, 0.5) is 0 Å². The molecule has 0 amide bonds. The molecular weight excluding hydrogens is 512 g/mol. The molecule has 3 rings (SSSR count). The molecule has 2 aliphatic heterocycles. The van der Waals surface area contributed by atoms with Gasteiger partial charge in [0, 0.05) is 40.2 Å². The molecule has 0 saturated carbocycles. The Kier molecular flexibility index (Phi) is 8.56. The van der Waals surface area contributed by atoms with Crippen LogP contribution in [0.1, 0.15) is 56.6 Å². The van der Waals surface area contributed by atoms with E-state index in [1.807, 2.05) is 0 Å². The molecule has 1 aromatic carbocycles. The van der Waals surface area contributed by atoms with Crippen molar-refractivity contribution < 1.29 is 66.7 Å². The van der Waals surface area contributed by atoms with E-state index in [-0.39, 0.29) is 28.4 Å². The van der Waals surface area contributed by atoms with Crippen LogP contribution in [-0.2, 0) is 47.7 Å². The molecule has 14 heteroatoms. The Balaban J connectivity index is 2.26. The minimum atomic E-state index is -1.42. The quantitative estimate of drug-likeness (QED) is 0.272. The van der Waals surface area contributed by atoms with Crippen molar-refractivity contribution >= 4 is 35.8 Å². The van der Waals surface area contributed by atoms with E-state index in [0.717, 1.165) is 40.7 Å². The van der Waals surface area contributed by atoms with E-state index in [1.165, 1.54) is 7.11 Å². The van der Waals surface area contributed by atoms with Crippen LogP contribution in [0.25, 0.3) is 0 Å². The molecule has 0 N–H and O–H groups in total. The Hall–Kier alpha value is -4.20. The molecule has 0 unspecified atom stereocenters. The van der Waals surface area contributed by atoms with Crippen molar-refractivity contribution in [3.8, 4) is 17.2 Å². The molecule has 0 aliphatic carbocycles. The smallest absolute Gasteiger partial charge is 0.339 e. The van der Waals surface area contributed by atoms with Gasteiger partial charge < -0.3 is 37.9 Å². The number of rotatable bonds is 7. The number of esters is 6. The lowest BCUT2D eigenvalue weighted by Gasteiger charge is -2.46. The van der Waals surface area contributed by atoms with Crippen LogP contribution < -0.4 is 14.2 Å². The Morgan fingerprint density at radius 2 is 1.42 bits per heavy atom. The van der Waals surface area contributed by atoms with Gasteiger partial charge in [-0.15, -0.1) is 0 Å². The van der Waals surface area contributed by atoms with Crippen molar-refractivity contribution in [3.05, 3.63) is 17.2 Å². The maximum absolute atomic E-state index is 13.2. The zero-order valence-electron chi connectivity index (χ0n) is 21.4. The average Bonchev–Trinajstić information content (AvgIpc) is 2.78. The van der Waals surface area contributed by atoms with Crippen molar-refractivity contribution in [1.29, 1.82) is 0 Å². The summed E-state index contributed by atoms with van der Waals surface area (Å²) in [6.07, 6.45) is -6.71. The van der Waals surface area contributed by atoms with Crippen molar-refractivity contribution in [1.82, 2.24) is 0 Å². The van der Waals surface area contributed by atoms with Gasteiger partial charge in [0.15, 0.2) is 29.8 Å². The van der Waals surface area contributed by atoms with Gasteiger partial charge in [0.1, 0.15) is 18.8 Å². The molecular formula is C24H26O14. The second-order valence-corrected chi connectivity index (χ2v) is 8.30. The predicted octanol–water partition coefficient (Wildman–Crippen LogP) is 0.951. The van der Waals surface area contributed by atoms with Crippen molar-refractivity contribution in [2.24, 2.45) is 0 Å².